The molecule has 1 aliphatic rings. The van der Waals surface area contributed by atoms with Crippen LogP contribution in [0.25, 0.3) is 0 Å². The SMILES string of the molecule is CC1CN(C(=O)COc2ccc(Br)cc2)CC(C)(C)O1. The van der Waals surface area contributed by atoms with Crippen LogP contribution < -0.4 is 4.74 Å². The molecule has 0 aliphatic carbocycles. The highest BCUT2D eigenvalue weighted by molar-refractivity contribution is 9.10. The van der Waals surface area contributed by atoms with Crippen LogP contribution in [0.1, 0.15) is 20.8 Å². The lowest BCUT2D eigenvalue weighted by Crippen LogP contribution is -2.54. The van der Waals surface area contributed by atoms with Gasteiger partial charge in [-0.1, -0.05) is 15.9 Å². The maximum Gasteiger partial charge on any atom is 0.260 e. The van der Waals surface area contributed by atoms with E-state index in [1.165, 1.54) is 0 Å². The standard InChI is InChI=1S/C15H20BrNO3/c1-11-8-17(10-15(2,3)20-11)14(18)9-19-13-6-4-12(16)5-7-13/h4-7,11H,8-10H2,1-3H3. The Morgan fingerprint density at radius 2 is 2.10 bits per heavy atom. The van der Waals surface area contributed by atoms with Crippen molar-refractivity contribution in [3.05, 3.63) is 28.7 Å². The van der Waals surface area contributed by atoms with Gasteiger partial charge in [0.1, 0.15) is 5.75 Å². The normalized spacial score (nSPS) is 21.6. The van der Waals surface area contributed by atoms with Crippen molar-refractivity contribution in [2.75, 3.05) is 19.7 Å². The fourth-order valence-electron chi connectivity index (χ4n) is 2.41. The van der Waals surface area contributed by atoms with Gasteiger partial charge in [0.05, 0.1) is 11.7 Å². The summed E-state index contributed by atoms with van der Waals surface area (Å²) in [5.74, 6) is 0.693. The zero-order valence-electron chi connectivity index (χ0n) is 12.1. The average Bonchev–Trinajstić information content (AvgIpc) is 2.35. The predicted molar refractivity (Wildman–Crippen MR) is 80.8 cm³/mol. The first-order valence-corrected chi connectivity index (χ1v) is 7.49. The third kappa shape index (κ3) is 4.21. The second kappa shape index (κ2) is 6.14. The van der Waals surface area contributed by atoms with Crippen LogP contribution in [0, 0.1) is 0 Å². The highest BCUT2D eigenvalue weighted by Gasteiger charge is 2.33. The fraction of sp³-hybridized carbons (Fsp3) is 0.533. The van der Waals surface area contributed by atoms with E-state index < -0.39 is 0 Å². The van der Waals surface area contributed by atoms with Gasteiger partial charge in [0.2, 0.25) is 0 Å². The largest absolute Gasteiger partial charge is 0.484 e. The van der Waals surface area contributed by atoms with Gasteiger partial charge < -0.3 is 14.4 Å². The molecular weight excluding hydrogens is 322 g/mol. The van der Waals surface area contributed by atoms with Crippen molar-refractivity contribution in [3.63, 3.8) is 0 Å². The number of hydrogen-bond acceptors (Lipinski definition) is 3. The Morgan fingerprint density at radius 3 is 2.70 bits per heavy atom. The second-order valence-electron chi connectivity index (χ2n) is 5.71. The topological polar surface area (TPSA) is 38.8 Å². The maximum absolute atomic E-state index is 12.2. The van der Waals surface area contributed by atoms with Crippen molar-refractivity contribution < 1.29 is 14.3 Å². The molecule has 1 aromatic rings. The highest BCUT2D eigenvalue weighted by atomic mass is 79.9. The molecule has 110 valence electrons. The van der Waals surface area contributed by atoms with Gasteiger partial charge in [-0.05, 0) is 45.0 Å². The number of carbonyl (C=O) groups is 1. The van der Waals surface area contributed by atoms with E-state index in [2.05, 4.69) is 15.9 Å². The molecule has 2 rings (SSSR count). The molecular formula is C15H20BrNO3. The van der Waals surface area contributed by atoms with Gasteiger partial charge in [0, 0.05) is 17.6 Å². The number of halogens is 1. The number of carbonyl (C=O) groups excluding carboxylic acids is 1. The lowest BCUT2D eigenvalue weighted by atomic mass is 10.1. The number of hydrogen-bond donors (Lipinski definition) is 0. The van der Waals surface area contributed by atoms with Crippen LogP contribution >= 0.6 is 15.9 Å². The molecule has 0 aromatic heterocycles. The third-order valence-corrected chi connectivity index (χ3v) is 3.63. The van der Waals surface area contributed by atoms with Crippen LogP contribution in [0.3, 0.4) is 0 Å². The molecule has 5 heteroatoms. The van der Waals surface area contributed by atoms with E-state index >= 15 is 0 Å². The van der Waals surface area contributed by atoms with Gasteiger partial charge in [-0.25, -0.2) is 0 Å². The lowest BCUT2D eigenvalue weighted by molar-refractivity contribution is -0.159. The molecule has 0 bridgehead atoms. The van der Waals surface area contributed by atoms with E-state index in [9.17, 15) is 4.79 Å². The smallest absolute Gasteiger partial charge is 0.260 e. The van der Waals surface area contributed by atoms with Crippen LogP contribution in [0.2, 0.25) is 0 Å². The molecule has 0 spiro atoms. The first-order valence-electron chi connectivity index (χ1n) is 6.70. The van der Waals surface area contributed by atoms with Crippen LogP contribution in [-0.4, -0.2) is 42.2 Å². The van der Waals surface area contributed by atoms with E-state index in [-0.39, 0.29) is 24.2 Å². The lowest BCUT2D eigenvalue weighted by Gasteiger charge is -2.41. The van der Waals surface area contributed by atoms with E-state index in [4.69, 9.17) is 9.47 Å². The van der Waals surface area contributed by atoms with Crippen molar-refractivity contribution >= 4 is 21.8 Å². The molecule has 0 saturated carbocycles. The molecule has 0 N–H and O–H groups in total. The summed E-state index contributed by atoms with van der Waals surface area (Å²) in [5, 5.41) is 0. The number of morpholine rings is 1. The number of benzene rings is 1. The monoisotopic (exact) mass is 341 g/mol. The molecule has 1 fully saturated rings. The number of rotatable bonds is 3. The Labute approximate surface area is 128 Å². The summed E-state index contributed by atoms with van der Waals surface area (Å²) in [7, 11) is 0. The molecule has 1 atom stereocenters. The van der Waals surface area contributed by atoms with E-state index in [0.29, 0.717) is 18.8 Å². The summed E-state index contributed by atoms with van der Waals surface area (Å²) in [4.78, 5) is 14.0. The minimum absolute atomic E-state index is 0.00357. The molecule has 4 nitrogen and oxygen atoms in total. The van der Waals surface area contributed by atoms with Crippen LogP contribution in [-0.2, 0) is 9.53 Å². The first kappa shape index (κ1) is 15.3. The third-order valence-electron chi connectivity index (χ3n) is 3.10. The molecule has 1 amide bonds. The number of ether oxygens (including phenoxy) is 2. The van der Waals surface area contributed by atoms with Crippen molar-refractivity contribution in [1.29, 1.82) is 0 Å². The maximum atomic E-state index is 12.2. The highest BCUT2D eigenvalue weighted by Crippen LogP contribution is 2.21. The molecule has 1 heterocycles. The summed E-state index contributed by atoms with van der Waals surface area (Å²) in [6.07, 6.45) is 0.0513. The van der Waals surface area contributed by atoms with E-state index in [1.807, 2.05) is 49.9 Å². The van der Waals surface area contributed by atoms with Gasteiger partial charge >= 0.3 is 0 Å². The summed E-state index contributed by atoms with van der Waals surface area (Å²) < 4.78 is 12.3. The molecule has 1 unspecified atom stereocenters. The zero-order chi connectivity index (χ0) is 14.8. The van der Waals surface area contributed by atoms with E-state index in [0.717, 1.165) is 4.47 Å². The predicted octanol–water partition coefficient (Wildman–Crippen LogP) is 2.85. The average molecular weight is 342 g/mol. The summed E-state index contributed by atoms with van der Waals surface area (Å²) >= 11 is 3.36. The van der Waals surface area contributed by atoms with Crippen molar-refractivity contribution in [1.82, 2.24) is 4.90 Å². The summed E-state index contributed by atoms with van der Waals surface area (Å²) in [5.41, 5.74) is -0.301. The second-order valence-corrected chi connectivity index (χ2v) is 6.62. The Kier molecular flexibility index (Phi) is 4.70. The van der Waals surface area contributed by atoms with Gasteiger partial charge in [-0.2, -0.15) is 0 Å². The first-order chi connectivity index (χ1) is 9.35. The van der Waals surface area contributed by atoms with Crippen LogP contribution in [0.4, 0.5) is 0 Å². The minimum atomic E-state index is -0.301. The minimum Gasteiger partial charge on any atom is -0.484 e. The molecule has 1 aromatic carbocycles. The molecule has 1 aliphatic heterocycles. The van der Waals surface area contributed by atoms with E-state index in [1.54, 1.807) is 0 Å². The quantitative estimate of drug-likeness (QED) is 0.848. The zero-order valence-corrected chi connectivity index (χ0v) is 13.6. The Hall–Kier alpha value is -1.07. The number of nitrogens with zero attached hydrogens (tertiary/aromatic N) is 1. The van der Waals surface area contributed by atoms with Crippen molar-refractivity contribution in [2.24, 2.45) is 0 Å². The van der Waals surface area contributed by atoms with Crippen LogP contribution in [0.15, 0.2) is 28.7 Å². The van der Waals surface area contributed by atoms with Gasteiger partial charge in [0.15, 0.2) is 6.61 Å². The Morgan fingerprint density at radius 1 is 1.45 bits per heavy atom. The number of amides is 1. The molecule has 0 radical (unpaired) electrons. The van der Waals surface area contributed by atoms with Gasteiger partial charge in [0.25, 0.3) is 5.91 Å². The van der Waals surface area contributed by atoms with Gasteiger partial charge in [-0.15, -0.1) is 0 Å². The summed E-state index contributed by atoms with van der Waals surface area (Å²) in [6.45, 7) is 7.25. The summed E-state index contributed by atoms with van der Waals surface area (Å²) in [6, 6.07) is 7.45. The van der Waals surface area contributed by atoms with Crippen molar-refractivity contribution in [2.45, 2.75) is 32.5 Å². The van der Waals surface area contributed by atoms with Crippen molar-refractivity contribution in [3.8, 4) is 5.75 Å². The van der Waals surface area contributed by atoms with Crippen LogP contribution in [0.5, 0.6) is 5.75 Å². The van der Waals surface area contributed by atoms with Gasteiger partial charge in [-0.3, -0.25) is 4.79 Å². The Balaban J connectivity index is 1.90. The fourth-order valence-corrected chi connectivity index (χ4v) is 2.68. The molecule has 20 heavy (non-hydrogen) atoms. The Bertz CT molecular complexity index is 473. The molecule has 1 saturated heterocycles.